The predicted molar refractivity (Wildman–Crippen MR) is 138 cm³/mol. The molecule has 0 saturated carbocycles. The Hall–Kier alpha value is -3.22. The van der Waals surface area contributed by atoms with Crippen LogP contribution in [0.1, 0.15) is 40.2 Å². The molecule has 1 amide bonds. The third-order valence-electron chi connectivity index (χ3n) is 5.84. The van der Waals surface area contributed by atoms with Crippen LogP contribution in [-0.4, -0.2) is 63.8 Å². The number of nitrogens with zero attached hydrogens (tertiary/aromatic N) is 2. The number of rotatable bonds is 11. The summed E-state index contributed by atoms with van der Waals surface area (Å²) in [7, 11) is -4.45. The Kier molecular flexibility index (Phi) is 9.64. The number of benzene rings is 2. The van der Waals surface area contributed by atoms with Crippen molar-refractivity contribution in [2.24, 2.45) is 11.3 Å². The number of phenolic OH excluding ortho intramolecular Hbond substituents is 1. The third-order valence-corrected chi connectivity index (χ3v) is 7.68. The van der Waals surface area contributed by atoms with Gasteiger partial charge in [-0.15, -0.1) is 0 Å². The zero-order chi connectivity index (χ0) is 28.1. The second-order valence-corrected chi connectivity index (χ2v) is 12.3. The molecule has 2 rings (SSSR count). The lowest BCUT2D eigenvalue weighted by molar-refractivity contribution is -0.386. The van der Waals surface area contributed by atoms with Gasteiger partial charge in [-0.2, -0.15) is 4.31 Å². The first kappa shape index (κ1) is 30.0. The summed E-state index contributed by atoms with van der Waals surface area (Å²) >= 11 is 0. The van der Waals surface area contributed by atoms with E-state index in [-0.39, 0.29) is 18.9 Å². The van der Waals surface area contributed by atoms with Crippen LogP contribution in [0.3, 0.4) is 0 Å². The topological polar surface area (TPSA) is 170 Å². The maximum Gasteiger partial charge on any atom is 0.404 e. The summed E-state index contributed by atoms with van der Waals surface area (Å²) in [5.74, 6) is -0.890. The zero-order valence-electron chi connectivity index (χ0n) is 21.5. The van der Waals surface area contributed by atoms with Crippen molar-refractivity contribution < 1.29 is 33.5 Å². The van der Waals surface area contributed by atoms with Crippen LogP contribution in [0.2, 0.25) is 0 Å². The molecule has 0 spiro atoms. The Bertz CT molecular complexity index is 1200. The van der Waals surface area contributed by atoms with Crippen molar-refractivity contribution in [3.63, 3.8) is 0 Å². The summed E-state index contributed by atoms with van der Waals surface area (Å²) in [6.45, 7) is 8.69. The molecule has 0 saturated heterocycles. The van der Waals surface area contributed by atoms with Crippen LogP contribution in [0, 0.1) is 21.4 Å². The van der Waals surface area contributed by atoms with E-state index in [1.54, 1.807) is 65.0 Å². The summed E-state index contributed by atoms with van der Waals surface area (Å²) in [5, 5.41) is 44.6. The van der Waals surface area contributed by atoms with E-state index in [9.17, 15) is 38.6 Å². The molecule has 0 aromatic heterocycles. The standard InChI is InChI=1S/C25H35N3O8S/c1-16(2)15-27(37(35,36)18-11-12-21(29)20(14-18)28(33)34)23(25(3,4)5)22(30)19(26-24(31)32)13-17-9-7-6-8-10-17/h6-12,14,16,19,22-23,26,29-30H,13,15H2,1-5H3,(H,31,32)/t19-,22+,23?/m0/s1. The number of carboxylic acid groups (broad SMARTS) is 1. The number of aliphatic hydroxyl groups excluding tert-OH is 1. The number of aliphatic hydroxyl groups is 1. The van der Waals surface area contributed by atoms with E-state index in [0.29, 0.717) is 0 Å². The molecule has 204 valence electrons. The Balaban J connectivity index is 2.66. The Morgan fingerprint density at radius 2 is 1.73 bits per heavy atom. The lowest BCUT2D eigenvalue weighted by Crippen LogP contribution is -2.61. The van der Waals surface area contributed by atoms with Crippen molar-refractivity contribution in [3.8, 4) is 5.75 Å². The first-order valence-corrected chi connectivity index (χ1v) is 13.2. The van der Waals surface area contributed by atoms with Gasteiger partial charge in [0.25, 0.3) is 0 Å². The van der Waals surface area contributed by atoms with Gasteiger partial charge in [0.05, 0.1) is 28.0 Å². The minimum atomic E-state index is -4.45. The second kappa shape index (κ2) is 11.9. The molecule has 0 radical (unpaired) electrons. The minimum Gasteiger partial charge on any atom is -0.502 e. The number of nitro benzene ring substituents is 1. The van der Waals surface area contributed by atoms with Gasteiger partial charge in [-0.1, -0.05) is 65.0 Å². The van der Waals surface area contributed by atoms with Gasteiger partial charge in [0.2, 0.25) is 10.0 Å². The van der Waals surface area contributed by atoms with Crippen molar-refractivity contribution in [3.05, 3.63) is 64.2 Å². The van der Waals surface area contributed by atoms with E-state index in [2.05, 4.69) is 5.32 Å². The molecule has 12 heteroatoms. The van der Waals surface area contributed by atoms with Gasteiger partial charge >= 0.3 is 11.8 Å². The highest BCUT2D eigenvalue weighted by atomic mass is 32.2. The van der Waals surface area contributed by atoms with Crippen LogP contribution < -0.4 is 5.32 Å². The predicted octanol–water partition coefficient (Wildman–Crippen LogP) is 3.60. The average molecular weight is 538 g/mol. The van der Waals surface area contributed by atoms with Gasteiger partial charge in [0.1, 0.15) is 0 Å². The van der Waals surface area contributed by atoms with Crippen molar-refractivity contribution in [1.82, 2.24) is 9.62 Å². The van der Waals surface area contributed by atoms with Crippen molar-refractivity contribution in [2.75, 3.05) is 6.54 Å². The van der Waals surface area contributed by atoms with Gasteiger partial charge < -0.3 is 20.6 Å². The lowest BCUT2D eigenvalue weighted by atomic mass is 9.79. The molecule has 0 heterocycles. The van der Waals surface area contributed by atoms with Gasteiger partial charge in [-0.3, -0.25) is 10.1 Å². The number of aromatic hydroxyl groups is 1. The van der Waals surface area contributed by atoms with Gasteiger partial charge in [-0.05, 0) is 35.4 Å². The average Bonchev–Trinajstić information content (AvgIpc) is 2.77. The summed E-state index contributed by atoms with van der Waals surface area (Å²) in [4.78, 5) is 21.7. The van der Waals surface area contributed by atoms with Gasteiger partial charge in [0, 0.05) is 12.6 Å². The first-order valence-electron chi connectivity index (χ1n) is 11.8. The summed E-state index contributed by atoms with van der Waals surface area (Å²) in [5.41, 5.74) is -0.924. The fourth-order valence-corrected chi connectivity index (χ4v) is 6.29. The number of phenols is 1. The fraction of sp³-hybridized carbons (Fsp3) is 0.480. The maximum atomic E-state index is 13.9. The second-order valence-electron chi connectivity index (χ2n) is 10.4. The van der Waals surface area contributed by atoms with E-state index < -0.39 is 61.0 Å². The molecule has 0 fully saturated rings. The Morgan fingerprint density at radius 1 is 1.14 bits per heavy atom. The van der Waals surface area contributed by atoms with Crippen LogP contribution in [0.4, 0.5) is 10.5 Å². The Labute approximate surface area is 217 Å². The zero-order valence-corrected chi connectivity index (χ0v) is 22.3. The molecular weight excluding hydrogens is 502 g/mol. The monoisotopic (exact) mass is 537 g/mol. The number of sulfonamides is 1. The molecule has 2 aromatic carbocycles. The minimum absolute atomic E-state index is 0.0544. The largest absolute Gasteiger partial charge is 0.502 e. The molecule has 0 aliphatic heterocycles. The highest BCUT2D eigenvalue weighted by molar-refractivity contribution is 7.89. The van der Waals surface area contributed by atoms with Crippen LogP contribution >= 0.6 is 0 Å². The third kappa shape index (κ3) is 7.63. The van der Waals surface area contributed by atoms with Crippen molar-refractivity contribution in [2.45, 2.75) is 64.1 Å². The van der Waals surface area contributed by atoms with Crippen LogP contribution in [0.15, 0.2) is 53.4 Å². The molecule has 1 unspecified atom stereocenters. The summed E-state index contributed by atoms with van der Waals surface area (Å²) in [6.07, 6.45) is -2.77. The van der Waals surface area contributed by atoms with Gasteiger partial charge in [-0.25, -0.2) is 13.2 Å². The van der Waals surface area contributed by atoms with Crippen molar-refractivity contribution in [1.29, 1.82) is 0 Å². The molecule has 4 N–H and O–H groups in total. The van der Waals surface area contributed by atoms with E-state index >= 15 is 0 Å². The highest BCUT2D eigenvalue weighted by Gasteiger charge is 2.46. The molecule has 3 atom stereocenters. The lowest BCUT2D eigenvalue weighted by Gasteiger charge is -2.44. The van der Waals surface area contributed by atoms with E-state index in [4.69, 9.17) is 0 Å². The van der Waals surface area contributed by atoms with E-state index in [1.807, 2.05) is 0 Å². The molecule has 37 heavy (non-hydrogen) atoms. The molecule has 11 nitrogen and oxygen atoms in total. The highest BCUT2D eigenvalue weighted by Crippen LogP contribution is 2.36. The number of amides is 1. The number of nitro groups is 1. The molecular formula is C25H35N3O8S. The quantitative estimate of drug-likeness (QED) is 0.249. The normalized spacial score (nSPS) is 14.8. The number of hydrogen-bond acceptors (Lipinski definition) is 7. The van der Waals surface area contributed by atoms with Crippen LogP contribution in [0.5, 0.6) is 5.75 Å². The fourth-order valence-electron chi connectivity index (χ4n) is 4.28. The summed E-state index contributed by atoms with van der Waals surface area (Å²) in [6, 6.07) is 9.46. The molecule has 0 aliphatic rings. The van der Waals surface area contributed by atoms with Gasteiger partial charge in [0.15, 0.2) is 5.75 Å². The van der Waals surface area contributed by atoms with E-state index in [0.717, 1.165) is 28.1 Å². The number of nitrogens with one attached hydrogen (secondary N) is 1. The SMILES string of the molecule is CC(C)CN(C([C@H](O)[C@H](Cc1ccccc1)NC(=O)O)C(C)(C)C)S(=O)(=O)c1ccc(O)c([N+](=O)[O-])c1. The molecule has 0 aliphatic carbocycles. The van der Waals surface area contributed by atoms with Crippen LogP contribution in [0.25, 0.3) is 0 Å². The smallest absolute Gasteiger partial charge is 0.404 e. The summed E-state index contributed by atoms with van der Waals surface area (Å²) < 4.78 is 28.9. The maximum absolute atomic E-state index is 13.9. The van der Waals surface area contributed by atoms with E-state index in [1.165, 1.54) is 0 Å². The van der Waals surface area contributed by atoms with Crippen molar-refractivity contribution >= 4 is 21.8 Å². The van der Waals surface area contributed by atoms with Crippen LogP contribution in [-0.2, 0) is 16.4 Å². The molecule has 0 bridgehead atoms. The molecule has 2 aromatic rings. The number of carbonyl (C=O) groups is 1. The first-order chi connectivity index (χ1) is 17.1. The number of hydrogen-bond donors (Lipinski definition) is 4. The Morgan fingerprint density at radius 3 is 2.22 bits per heavy atom.